The van der Waals surface area contributed by atoms with Gasteiger partial charge in [-0.3, -0.25) is 9.58 Å². The fourth-order valence-electron chi connectivity index (χ4n) is 7.56. The number of halogens is 6. The van der Waals surface area contributed by atoms with Crippen molar-refractivity contribution in [1.29, 1.82) is 0 Å². The summed E-state index contributed by atoms with van der Waals surface area (Å²) in [6, 6.07) is 15.9. The van der Waals surface area contributed by atoms with Gasteiger partial charge in [0.05, 0.1) is 16.8 Å². The Balaban J connectivity index is 0.00000228. The van der Waals surface area contributed by atoms with Crippen LogP contribution >= 0.6 is 0 Å². The predicted octanol–water partition coefficient (Wildman–Crippen LogP) is 7.11. The van der Waals surface area contributed by atoms with Crippen LogP contribution < -0.4 is 15.5 Å². The minimum Gasteiger partial charge on any atom is -0.369 e. The molecule has 0 amide bonds. The molecular formula is C42H53F6N9O3S. The summed E-state index contributed by atoms with van der Waals surface area (Å²) in [7, 11) is 2.30. The van der Waals surface area contributed by atoms with Crippen molar-refractivity contribution in [3.8, 4) is 11.3 Å². The van der Waals surface area contributed by atoms with Gasteiger partial charge in [-0.1, -0.05) is 37.6 Å². The Morgan fingerprint density at radius 1 is 0.967 bits per heavy atom. The first-order valence-electron chi connectivity index (χ1n) is 20.3. The van der Waals surface area contributed by atoms with E-state index in [0.717, 1.165) is 74.3 Å². The summed E-state index contributed by atoms with van der Waals surface area (Å²) >= 11 is 0. The Bertz CT molecular complexity index is 2040. The fraction of sp³-hybridized carbons (Fsp3) is 0.500. The van der Waals surface area contributed by atoms with E-state index in [9.17, 15) is 40.1 Å². The molecule has 4 heterocycles. The number of piperidine rings is 1. The topological polar surface area (TPSA) is 129 Å². The summed E-state index contributed by atoms with van der Waals surface area (Å²) in [6.07, 6.45) is -1.46. The lowest BCUT2D eigenvalue weighted by Crippen LogP contribution is -2.52. The summed E-state index contributed by atoms with van der Waals surface area (Å²) in [5, 5.41) is 9.37. The zero-order valence-corrected chi connectivity index (χ0v) is 35.3. The maximum absolute atomic E-state index is 13.8. The minimum atomic E-state index is -4.85. The Hall–Kier alpha value is -4.72. The molecule has 0 radical (unpaired) electrons. The van der Waals surface area contributed by atoms with E-state index in [4.69, 9.17) is 0 Å². The zero-order valence-electron chi connectivity index (χ0n) is 34.5. The molecule has 6 rings (SSSR count). The van der Waals surface area contributed by atoms with Gasteiger partial charge in [0.1, 0.15) is 35.7 Å². The monoisotopic (exact) mass is 877 g/mol. The van der Waals surface area contributed by atoms with Crippen LogP contribution in [-0.4, -0.2) is 111 Å². The highest BCUT2D eigenvalue weighted by molar-refractivity contribution is 7.82. The molecule has 2 aromatic heterocycles. The molecule has 3 unspecified atom stereocenters. The number of carbonyl (C=O) groups excluding carboxylic acids is 2. The van der Waals surface area contributed by atoms with E-state index in [1.807, 2.05) is 66.9 Å². The summed E-state index contributed by atoms with van der Waals surface area (Å²) in [5.74, 6) is -0.399. The summed E-state index contributed by atoms with van der Waals surface area (Å²) < 4.78 is 96.2. The van der Waals surface area contributed by atoms with Crippen molar-refractivity contribution in [2.75, 3.05) is 57.0 Å². The number of nitrogens with zero attached hydrogens (tertiary/aromatic N) is 7. The third kappa shape index (κ3) is 13.4. The Labute approximate surface area is 354 Å². The first kappa shape index (κ1) is 47.3. The second-order valence-electron chi connectivity index (χ2n) is 15.2. The molecule has 2 aliphatic rings. The van der Waals surface area contributed by atoms with Crippen molar-refractivity contribution < 1.29 is 40.1 Å². The maximum atomic E-state index is 13.8. The highest BCUT2D eigenvalue weighted by Crippen LogP contribution is 2.36. The van der Waals surface area contributed by atoms with E-state index in [1.54, 1.807) is 0 Å². The van der Waals surface area contributed by atoms with Crippen LogP contribution in [0.1, 0.15) is 68.1 Å². The molecule has 3 atom stereocenters. The third-order valence-corrected chi connectivity index (χ3v) is 12.0. The van der Waals surface area contributed by atoms with E-state index in [2.05, 4.69) is 42.4 Å². The number of anilines is 2. The molecule has 0 aliphatic carbocycles. The largest absolute Gasteiger partial charge is 0.419 e. The molecule has 61 heavy (non-hydrogen) atoms. The number of nitrogens with one attached hydrogen (secondary N) is 2. The van der Waals surface area contributed by atoms with Crippen molar-refractivity contribution in [3.05, 3.63) is 83.8 Å². The lowest BCUT2D eigenvalue weighted by atomic mass is 9.95. The predicted molar refractivity (Wildman–Crippen MR) is 222 cm³/mol. The van der Waals surface area contributed by atoms with Gasteiger partial charge < -0.3 is 25.1 Å². The van der Waals surface area contributed by atoms with Crippen molar-refractivity contribution in [2.24, 2.45) is 0 Å². The van der Waals surface area contributed by atoms with Crippen LogP contribution in [0.5, 0.6) is 0 Å². The number of benzene rings is 2. The Morgan fingerprint density at radius 2 is 1.69 bits per heavy atom. The highest BCUT2D eigenvalue weighted by atomic mass is 32.2. The lowest BCUT2D eigenvalue weighted by molar-refractivity contribution is -0.142. The van der Waals surface area contributed by atoms with Crippen molar-refractivity contribution >= 4 is 35.2 Å². The Morgan fingerprint density at radius 3 is 2.33 bits per heavy atom. The van der Waals surface area contributed by atoms with Gasteiger partial charge in [0.2, 0.25) is 5.95 Å². The van der Waals surface area contributed by atoms with Crippen LogP contribution in [0.4, 0.5) is 38.0 Å². The summed E-state index contributed by atoms with van der Waals surface area (Å²) in [5.41, 5.74) is 1.05. The van der Waals surface area contributed by atoms with E-state index in [-0.39, 0.29) is 23.5 Å². The molecular weight excluding hydrogens is 825 g/mol. The molecule has 4 aromatic rings. The Kier molecular flexibility index (Phi) is 17.0. The quantitative estimate of drug-likeness (QED) is 0.0889. The van der Waals surface area contributed by atoms with Crippen molar-refractivity contribution in [3.63, 3.8) is 0 Å². The number of aldehydes is 2. The summed E-state index contributed by atoms with van der Waals surface area (Å²) in [6.45, 7) is 4.78. The van der Waals surface area contributed by atoms with Gasteiger partial charge in [-0.05, 0) is 75.2 Å². The summed E-state index contributed by atoms with van der Waals surface area (Å²) in [4.78, 5) is 35.8. The fourth-order valence-corrected chi connectivity index (χ4v) is 8.84. The number of hydrogen-bond acceptors (Lipinski definition) is 10. The molecule has 2 saturated heterocycles. The van der Waals surface area contributed by atoms with E-state index >= 15 is 0 Å². The number of piperazine rings is 1. The van der Waals surface area contributed by atoms with Gasteiger partial charge in [-0.15, -0.1) is 0 Å². The number of carbonyl (C=O) groups is 2. The van der Waals surface area contributed by atoms with Gasteiger partial charge in [0.25, 0.3) is 0 Å². The number of rotatable bonds is 16. The molecule has 0 spiro atoms. The number of hydrogen-bond donors (Lipinski definition) is 2. The lowest BCUT2D eigenvalue weighted by Gasteiger charge is -2.42. The van der Waals surface area contributed by atoms with Crippen LogP contribution in [0.2, 0.25) is 0 Å². The third-order valence-electron chi connectivity index (χ3n) is 10.5. The van der Waals surface area contributed by atoms with Crippen LogP contribution in [-0.2, 0) is 39.8 Å². The molecule has 2 fully saturated rings. The number of aromatic nitrogens is 4. The van der Waals surface area contributed by atoms with Crippen molar-refractivity contribution in [1.82, 2.24) is 34.3 Å². The van der Waals surface area contributed by atoms with Crippen LogP contribution in [0.15, 0.2) is 72.0 Å². The van der Waals surface area contributed by atoms with E-state index in [1.165, 1.54) is 0 Å². The standard InChI is InChI=1S/C40H46F6N8O3S.C2H7N/c1-2-5-34-25-52(33-11-9-29(10-12-33)30(26-56)7-4-19-55)18-17-51(34)23-28-6-3-8-35(20-28)58(57)54-15-13-32(14-16-54)49-38-47-22-36(40(44,45)46)37(50-38)31-21-48-53(24-31)27-39(41,42)43;1-3-2/h3,6,8-12,19-22,24,26,30,32,34H,2,4-5,7,13-18,23,25,27H2,1H3,(H,47,49,50);3H,1-2H3. The van der Waals surface area contributed by atoms with Gasteiger partial charge in [0.15, 0.2) is 0 Å². The smallest absolute Gasteiger partial charge is 0.369 e. The van der Waals surface area contributed by atoms with Gasteiger partial charge in [-0.2, -0.15) is 31.4 Å². The van der Waals surface area contributed by atoms with Crippen LogP contribution in [0, 0.1) is 0 Å². The van der Waals surface area contributed by atoms with Crippen molar-refractivity contribution in [2.45, 2.75) is 93.8 Å². The van der Waals surface area contributed by atoms with Crippen LogP contribution in [0.25, 0.3) is 11.3 Å². The second-order valence-corrected chi connectivity index (χ2v) is 16.7. The highest BCUT2D eigenvalue weighted by Gasteiger charge is 2.37. The zero-order chi connectivity index (χ0) is 44.2. The van der Waals surface area contributed by atoms with Gasteiger partial charge >= 0.3 is 12.4 Å². The number of alkyl halides is 6. The molecule has 0 bridgehead atoms. The van der Waals surface area contributed by atoms with Gasteiger partial charge in [-0.25, -0.2) is 18.5 Å². The molecule has 2 N–H and O–H groups in total. The van der Waals surface area contributed by atoms with E-state index in [0.29, 0.717) is 67.1 Å². The SMILES string of the molecule is CCCC1CN(c2ccc(C(C=O)CCC=O)cc2)CCN1Cc1cccc(S(=O)N2CCC(Nc3ncc(C(F)(F)F)c(-c4cnn(CC(F)(F)F)c4)n3)CC2)c1.CNC. The average molecular weight is 878 g/mol. The first-order valence-corrected chi connectivity index (χ1v) is 21.4. The molecule has 2 aromatic carbocycles. The van der Waals surface area contributed by atoms with Gasteiger partial charge in [0, 0.05) is 87.3 Å². The minimum absolute atomic E-state index is 0.103. The maximum Gasteiger partial charge on any atom is 0.419 e. The average Bonchev–Trinajstić information content (AvgIpc) is 3.69. The molecule has 19 heteroatoms. The second kappa shape index (κ2) is 21.9. The molecule has 2 aliphatic heterocycles. The van der Waals surface area contributed by atoms with Crippen LogP contribution in [0.3, 0.4) is 0 Å². The first-order chi connectivity index (χ1) is 29.2. The van der Waals surface area contributed by atoms with E-state index < -0.39 is 41.1 Å². The normalized spacial score (nSPS) is 17.9. The molecule has 0 saturated carbocycles. The molecule has 332 valence electrons. The molecule has 12 nitrogen and oxygen atoms in total.